The highest BCUT2D eigenvalue weighted by atomic mass is 35.5. The Morgan fingerprint density at radius 1 is 0.676 bits per heavy atom. The van der Waals surface area contributed by atoms with Gasteiger partial charge in [0.15, 0.2) is 11.5 Å². The van der Waals surface area contributed by atoms with Crippen LogP contribution in [0.2, 0.25) is 20.1 Å². The highest BCUT2D eigenvalue weighted by Crippen LogP contribution is 2.44. The lowest BCUT2D eigenvalue weighted by Gasteiger charge is -2.28. The smallest absolute Gasteiger partial charge is 0.164 e. The van der Waals surface area contributed by atoms with Gasteiger partial charge in [-0.1, -0.05) is 77.9 Å². The molecule has 0 N–H and O–H groups in total. The van der Waals surface area contributed by atoms with Crippen LogP contribution in [0.4, 0.5) is 0 Å². The third kappa shape index (κ3) is 5.94. The summed E-state index contributed by atoms with van der Waals surface area (Å²) in [6.45, 7) is 6.04. The van der Waals surface area contributed by atoms with E-state index in [0.717, 1.165) is 21.6 Å². The van der Waals surface area contributed by atoms with E-state index in [4.69, 9.17) is 55.9 Å². The molecule has 0 spiro atoms. The molecule has 1 atom stereocenters. The molecule has 0 bridgehead atoms. The van der Waals surface area contributed by atoms with Gasteiger partial charge in [0.1, 0.15) is 5.75 Å². The van der Waals surface area contributed by atoms with Crippen LogP contribution in [0.25, 0.3) is 0 Å². The highest BCUT2D eigenvalue weighted by Gasteiger charge is 2.27. The van der Waals surface area contributed by atoms with E-state index in [1.165, 1.54) is 7.11 Å². The third-order valence-electron chi connectivity index (χ3n) is 6.14. The van der Waals surface area contributed by atoms with Gasteiger partial charge in [-0.3, -0.25) is 0 Å². The zero-order valence-corrected chi connectivity index (χ0v) is 24.4. The highest BCUT2D eigenvalue weighted by molar-refractivity contribution is 7.85. The number of aryl methyl sites for hydroxylation is 1. The van der Waals surface area contributed by atoms with Gasteiger partial charge in [-0.2, -0.15) is 0 Å². The van der Waals surface area contributed by atoms with Crippen molar-refractivity contribution in [3.05, 3.63) is 110 Å². The van der Waals surface area contributed by atoms with Crippen molar-refractivity contribution in [3.8, 4) is 17.2 Å². The second-order valence-electron chi connectivity index (χ2n) is 9.02. The van der Waals surface area contributed by atoms with Gasteiger partial charge in [0.05, 0.1) is 38.0 Å². The Hall–Kier alpha value is -2.21. The summed E-state index contributed by atoms with van der Waals surface area (Å²) < 4.78 is 24.1. The van der Waals surface area contributed by atoms with E-state index in [0.29, 0.717) is 42.2 Å². The monoisotopic (exact) mass is 592 g/mol. The summed E-state index contributed by atoms with van der Waals surface area (Å²) in [5.41, 5.74) is 2.33. The second kappa shape index (κ2) is 11.3. The quantitative estimate of drug-likeness (QED) is 0.214. The lowest BCUT2D eigenvalue weighted by Crippen LogP contribution is -2.19. The van der Waals surface area contributed by atoms with E-state index >= 15 is 0 Å². The molecular formula is C29H24Cl4O3S. The molecule has 3 nitrogen and oxygen atoms in total. The van der Waals surface area contributed by atoms with Gasteiger partial charge in [-0.25, -0.2) is 4.21 Å². The Labute approximate surface area is 239 Å². The third-order valence-corrected chi connectivity index (χ3v) is 8.66. The molecule has 4 aromatic rings. The molecule has 0 fully saturated rings. The number of ether oxygens (including phenoxy) is 2. The fourth-order valence-corrected chi connectivity index (χ4v) is 6.09. The van der Waals surface area contributed by atoms with Gasteiger partial charge in [0.2, 0.25) is 0 Å². The molecule has 0 aliphatic heterocycles. The van der Waals surface area contributed by atoms with Crippen molar-refractivity contribution >= 4 is 57.2 Å². The number of benzene rings is 4. The van der Waals surface area contributed by atoms with Gasteiger partial charge in [-0.05, 0) is 78.7 Å². The summed E-state index contributed by atoms with van der Waals surface area (Å²) >= 11 is 26.0. The summed E-state index contributed by atoms with van der Waals surface area (Å²) in [7, 11) is 0.231. The van der Waals surface area contributed by atoms with Crippen LogP contribution in [0.5, 0.6) is 17.2 Å². The Bertz CT molecular complexity index is 1420. The van der Waals surface area contributed by atoms with Crippen LogP contribution in [0.3, 0.4) is 0 Å². The molecule has 0 heterocycles. The van der Waals surface area contributed by atoms with E-state index in [-0.39, 0.29) is 0 Å². The Morgan fingerprint density at radius 3 is 1.51 bits per heavy atom. The molecule has 0 aliphatic rings. The van der Waals surface area contributed by atoms with Crippen LogP contribution in [0, 0.1) is 6.92 Å². The molecule has 0 aliphatic carbocycles. The van der Waals surface area contributed by atoms with Crippen molar-refractivity contribution in [1.82, 2.24) is 0 Å². The van der Waals surface area contributed by atoms with Crippen molar-refractivity contribution in [1.29, 1.82) is 0 Å². The first-order valence-electron chi connectivity index (χ1n) is 11.3. The average molecular weight is 594 g/mol. The minimum Gasteiger partial charge on any atom is -0.494 e. The Kier molecular flexibility index (Phi) is 8.47. The van der Waals surface area contributed by atoms with E-state index in [1.54, 1.807) is 24.3 Å². The van der Waals surface area contributed by atoms with Crippen LogP contribution < -0.4 is 9.47 Å². The number of hydrogen-bond acceptors (Lipinski definition) is 3. The van der Waals surface area contributed by atoms with E-state index in [9.17, 15) is 4.21 Å². The molecule has 192 valence electrons. The lowest BCUT2D eigenvalue weighted by molar-refractivity contribution is 0.415. The SMILES string of the molecule is COc1c(Cl)cc(C(C)(C)c2cc(Cl)c(Oc3ccc(S(=O)c4ccc(C)cc4)cc3)c(Cl)c2)cc1Cl. The normalized spacial score (nSPS) is 12.3. The van der Waals surface area contributed by atoms with Gasteiger partial charge >= 0.3 is 0 Å². The second-order valence-corrected chi connectivity index (χ2v) is 12.1. The molecular weight excluding hydrogens is 570 g/mol. The predicted molar refractivity (Wildman–Crippen MR) is 154 cm³/mol. The zero-order valence-electron chi connectivity index (χ0n) is 20.6. The summed E-state index contributed by atoms with van der Waals surface area (Å²) in [6, 6.07) is 21.9. The fraction of sp³-hybridized carbons (Fsp3) is 0.172. The molecule has 0 radical (unpaired) electrons. The van der Waals surface area contributed by atoms with E-state index < -0.39 is 16.2 Å². The minimum atomic E-state index is -1.29. The standard InChI is InChI=1S/C29H24Cl4O3S/c1-17-5-9-21(10-6-17)37(34)22-11-7-20(8-12-22)36-28-25(32)15-19(16-26(28)33)29(2,3)18-13-23(30)27(35-4)24(31)14-18/h5-16H,1-4H3. The van der Waals surface area contributed by atoms with Crippen LogP contribution in [0.15, 0.2) is 82.6 Å². The van der Waals surface area contributed by atoms with E-state index in [1.807, 2.05) is 69.3 Å². The first kappa shape index (κ1) is 27.8. The summed E-state index contributed by atoms with van der Waals surface area (Å²) in [6.07, 6.45) is 0. The maximum atomic E-state index is 12.9. The first-order chi connectivity index (χ1) is 17.5. The van der Waals surface area contributed by atoms with Crippen molar-refractivity contribution < 1.29 is 13.7 Å². The summed E-state index contributed by atoms with van der Waals surface area (Å²) in [4.78, 5) is 1.41. The van der Waals surface area contributed by atoms with Crippen molar-refractivity contribution in [2.45, 2.75) is 36.0 Å². The average Bonchev–Trinajstić information content (AvgIpc) is 2.86. The Balaban J connectivity index is 1.58. The zero-order chi connectivity index (χ0) is 26.9. The molecule has 4 aromatic carbocycles. The molecule has 0 saturated carbocycles. The lowest BCUT2D eigenvalue weighted by atomic mass is 9.78. The molecule has 0 amide bonds. The number of rotatable bonds is 7. The number of halogens is 4. The van der Waals surface area contributed by atoms with Gasteiger partial charge < -0.3 is 9.47 Å². The van der Waals surface area contributed by atoms with Crippen LogP contribution in [-0.4, -0.2) is 11.3 Å². The summed E-state index contributed by atoms with van der Waals surface area (Å²) in [5, 5.41) is 1.55. The molecule has 37 heavy (non-hydrogen) atoms. The first-order valence-corrected chi connectivity index (χ1v) is 14.0. The molecule has 8 heteroatoms. The van der Waals surface area contributed by atoms with Gasteiger partial charge in [-0.15, -0.1) is 0 Å². The van der Waals surface area contributed by atoms with Crippen LogP contribution in [-0.2, 0) is 16.2 Å². The van der Waals surface area contributed by atoms with Crippen LogP contribution in [0.1, 0.15) is 30.5 Å². The number of hydrogen-bond donors (Lipinski definition) is 0. The fourth-order valence-electron chi connectivity index (χ4n) is 3.85. The largest absolute Gasteiger partial charge is 0.494 e. The molecule has 0 aromatic heterocycles. The molecule has 4 rings (SSSR count). The summed E-state index contributed by atoms with van der Waals surface area (Å²) in [5.74, 6) is 1.28. The van der Waals surface area contributed by atoms with Crippen molar-refractivity contribution in [2.75, 3.05) is 7.11 Å². The molecule has 0 saturated heterocycles. The van der Waals surface area contributed by atoms with Gasteiger partial charge in [0, 0.05) is 15.2 Å². The molecule has 1 unspecified atom stereocenters. The maximum Gasteiger partial charge on any atom is 0.164 e. The van der Waals surface area contributed by atoms with Crippen molar-refractivity contribution in [3.63, 3.8) is 0 Å². The predicted octanol–water partition coefficient (Wildman–Crippen LogP) is 9.90. The van der Waals surface area contributed by atoms with Crippen molar-refractivity contribution in [2.24, 2.45) is 0 Å². The minimum absolute atomic E-state index is 0.334. The van der Waals surface area contributed by atoms with Gasteiger partial charge in [0.25, 0.3) is 0 Å². The number of methoxy groups -OCH3 is 1. The topological polar surface area (TPSA) is 35.5 Å². The Morgan fingerprint density at radius 2 is 1.08 bits per heavy atom. The maximum absolute atomic E-state index is 12.9. The van der Waals surface area contributed by atoms with Crippen LogP contribution >= 0.6 is 46.4 Å². The van der Waals surface area contributed by atoms with E-state index in [2.05, 4.69) is 0 Å².